The van der Waals surface area contributed by atoms with E-state index in [-0.39, 0.29) is 0 Å². The fraction of sp³-hybridized carbons (Fsp3) is 0.500. The van der Waals surface area contributed by atoms with Crippen molar-refractivity contribution in [3.63, 3.8) is 0 Å². The standard InChI is InChI=1S/C10H13F3N2O/c1-7-9(3-2-4-15-7)16-6-8(5-14)10(11,12)13/h2-4,8H,5-6,14H2,1H3. The highest BCUT2D eigenvalue weighted by Crippen LogP contribution is 2.26. The van der Waals surface area contributed by atoms with E-state index < -0.39 is 25.2 Å². The Kier molecular flexibility index (Phi) is 4.12. The fourth-order valence-corrected chi connectivity index (χ4v) is 1.11. The van der Waals surface area contributed by atoms with E-state index in [1.54, 1.807) is 25.3 Å². The van der Waals surface area contributed by atoms with Gasteiger partial charge in [-0.2, -0.15) is 13.2 Å². The summed E-state index contributed by atoms with van der Waals surface area (Å²) in [7, 11) is 0. The fourth-order valence-electron chi connectivity index (χ4n) is 1.11. The van der Waals surface area contributed by atoms with E-state index in [0.717, 1.165) is 0 Å². The van der Waals surface area contributed by atoms with Crippen LogP contribution in [0.25, 0.3) is 0 Å². The first kappa shape index (κ1) is 12.8. The van der Waals surface area contributed by atoms with Crippen molar-refractivity contribution in [2.45, 2.75) is 13.1 Å². The Morgan fingerprint density at radius 3 is 2.69 bits per heavy atom. The molecule has 0 saturated heterocycles. The molecule has 0 aliphatic rings. The average molecular weight is 234 g/mol. The van der Waals surface area contributed by atoms with Crippen molar-refractivity contribution in [3.8, 4) is 5.75 Å². The average Bonchev–Trinajstić information content (AvgIpc) is 2.19. The van der Waals surface area contributed by atoms with Crippen LogP contribution in [0.3, 0.4) is 0 Å². The minimum atomic E-state index is -4.33. The zero-order valence-corrected chi connectivity index (χ0v) is 8.79. The van der Waals surface area contributed by atoms with Crippen LogP contribution >= 0.6 is 0 Å². The van der Waals surface area contributed by atoms with Crippen LogP contribution in [0.4, 0.5) is 13.2 Å². The van der Waals surface area contributed by atoms with Gasteiger partial charge < -0.3 is 10.5 Å². The van der Waals surface area contributed by atoms with Crippen LogP contribution in [-0.2, 0) is 0 Å². The van der Waals surface area contributed by atoms with Gasteiger partial charge in [-0.1, -0.05) is 0 Å². The number of pyridine rings is 1. The molecule has 0 amide bonds. The number of halogens is 3. The van der Waals surface area contributed by atoms with Crippen molar-refractivity contribution in [2.75, 3.05) is 13.2 Å². The van der Waals surface area contributed by atoms with E-state index in [2.05, 4.69) is 4.98 Å². The molecule has 0 saturated carbocycles. The summed E-state index contributed by atoms with van der Waals surface area (Å²) in [6.45, 7) is 0.704. The predicted molar refractivity (Wildman–Crippen MR) is 53.1 cm³/mol. The third-order valence-electron chi connectivity index (χ3n) is 2.15. The van der Waals surface area contributed by atoms with Crippen molar-refractivity contribution >= 4 is 0 Å². The molecule has 1 heterocycles. The number of nitrogens with two attached hydrogens (primary N) is 1. The molecule has 0 aliphatic carbocycles. The Morgan fingerprint density at radius 1 is 1.50 bits per heavy atom. The summed E-state index contributed by atoms with van der Waals surface area (Å²) in [5.74, 6) is -1.29. The van der Waals surface area contributed by atoms with Gasteiger partial charge in [-0.15, -0.1) is 0 Å². The first-order valence-corrected chi connectivity index (χ1v) is 4.76. The van der Waals surface area contributed by atoms with E-state index in [4.69, 9.17) is 10.5 Å². The first-order chi connectivity index (χ1) is 7.45. The summed E-state index contributed by atoms with van der Waals surface area (Å²) in [6, 6.07) is 3.18. The van der Waals surface area contributed by atoms with Crippen LogP contribution < -0.4 is 10.5 Å². The summed E-state index contributed by atoms with van der Waals surface area (Å²) in [5.41, 5.74) is 5.60. The third kappa shape index (κ3) is 3.37. The van der Waals surface area contributed by atoms with Crippen LogP contribution in [0.1, 0.15) is 5.69 Å². The van der Waals surface area contributed by atoms with Crippen molar-refractivity contribution in [1.82, 2.24) is 4.98 Å². The second kappa shape index (κ2) is 5.16. The van der Waals surface area contributed by atoms with Gasteiger partial charge in [0.15, 0.2) is 0 Å². The first-order valence-electron chi connectivity index (χ1n) is 4.76. The molecule has 0 spiro atoms. The number of aryl methyl sites for hydroxylation is 1. The zero-order chi connectivity index (χ0) is 12.2. The van der Waals surface area contributed by atoms with Crippen LogP contribution in [0, 0.1) is 12.8 Å². The Balaban J connectivity index is 2.60. The number of hydrogen-bond donors (Lipinski definition) is 1. The molecule has 90 valence electrons. The molecule has 2 N–H and O–H groups in total. The van der Waals surface area contributed by atoms with E-state index in [1.165, 1.54) is 0 Å². The topological polar surface area (TPSA) is 48.1 Å². The second-order valence-corrected chi connectivity index (χ2v) is 3.37. The summed E-state index contributed by atoms with van der Waals surface area (Å²) in [4.78, 5) is 3.91. The second-order valence-electron chi connectivity index (χ2n) is 3.37. The molecule has 1 atom stereocenters. The number of nitrogens with zero attached hydrogens (tertiary/aromatic N) is 1. The number of aromatic nitrogens is 1. The minimum Gasteiger partial charge on any atom is -0.491 e. The number of ether oxygens (including phenoxy) is 1. The Labute approximate surface area is 91.4 Å². The van der Waals surface area contributed by atoms with Crippen LogP contribution in [-0.4, -0.2) is 24.3 Å². The van der Waals surface area contributed by atoms with Gasteiger partial charge in [0.2, 0.25) is 0 Å². The lowest BCUT2D eigenvalue weighted by Crippen LogP contribution is -2.35. The molecule has 0 aromatic carbocycles. The van der Waals surface area contributed by atoms with Gasteiger partial charge in [-0.3, -0.25) is 4.98 Å². The van der Waals surface area contributed by atoms with E-state index in [0.29, 0.717) is 11.4 Å². The molecule has 1 aromatic rings. The molecule has 0 bridgehead atoms. The highest BCUT2D eigenvalue weighted by Gasteiger charge is 2.39. The van der Waals surface area contributed by atoms with Crippen LogP contribution in [0.15, 0.2) is 18.3 Å². The Morgan fingerprint density at radius 2 is 2.19 bits per heavy atom. The SMILES string of the molecule is Cc1ncccc1OCC(CN)C(F)(F)F. The quantitative estimate of drug-likeness (QED) is 0.865. The summed E-state index contributed by atoms with van der Waals surface area (Å²) in [6.07, 6.45) is -2.78. The lowest BCUT2D eigenvalue weighted by Gasteiger charge is -2.19. The van der Waals surface area contributed by atoms with E-state index in [1.807, 2.05) is 0 Å². The van der Waals surface area contributed by atoms with E-state index >= 15 is 0 Å². The van der Waals surface area contributed by atoms with Gasteiger partial charge >= 0.3 is 6.18 Å². The molecule has 1 rings (SSSR count). The molecule has 1 unspecified atom stereocenters. The van der Waals surface area contributed by atoms with Crippen molar-refractivity contribution < 1.29 is 17.9 Å². The highest BCUT2D eigenvalue weighted by molar-refractivity contribution is 5.25. The molecule has 3 nitrogen and oxygen atoms in total. The number of alkyl halides is 3. The smallest absolute Gasteiger partial charge is 0.396 e. The highest BCUT2D eigenvalue weighted by atomic mass is 19.4. The summed E-state index contributed by atoms with van der Waals surface area (Å²) in [5, 5.41) is 0. The normalized spacial score (nSPS) is 13.6. The Bertz CT molecular complexity index is 341. The number of hydrogen-bond acceptors (Lipinski definition) is 3. The third-order valence-corrected chi connectivity index (χ3v) is 2.15. The van der Waals surface area contributed by atoms with Gasteiger partial charge in [-0.05, 0) is 19.1 Å². The lowest BCUT2D eigenvalue weighted by molar-refractivity contribution is -0.178. The lowest BCUT2D eigenvalue weighted by atomic mass is 10.1. The maximum atomic E-state index is 12.3. The summed E-state index contributed by atoms with van der Waals surface area (Å²) < 4.78 is 42.1. The van der Waals surface area contributed by atoms with Gasteiger partial charge in [0.1, 0.15) is 18.3 Å². The van der Waals surface area contributed by atoms with Gasteiger partial charge in [-0.25, -0.2) is 0 Å². The van der Waals surface area contributed by atoms with Crippen LogP contribution in [0.5, 0.6) is 5.75 Å². The molecule has 16 heavy (non-hydrogen) atoms. The maximum Gasteiger partial charge on any atom is 0.396 e. The van der Waals surface area contributed by atoms with Gasteiger partial charge in [0, 0.05) is 12.7 Å². The van der Waals surface area contributed by atoms with Crippen molar-refractivity contribution in [2.24, 2.45) is 11.7 Å². The molecule has 1 aromatic heterocycles. The molecule has 6 heteroatoms. The van der Waals surface area contributed by atoms with Crippen LogP contribution in [0.2, 0.25) is 0 Å². The van der Waals surface area contributed by atoms with Gasteiger partial charge in [0.05, 0.1) is 5.69 Å². The number of rotatable bonds is 4. The predicted octanol–water partition coefficient (Wildman–Crippen LogP) is 1.91. The van der Waals surface area contributed by atoms with Crippen molar-refractivity contribution in [3.05, 3.63) is 24.0 Å². The Hall–Kier alpha value is -1.30. The molecular weight excluding hydrogens is 221 g/mol. The molecule has 0 fully saturated rings. The minimum absolute atomic E-state index is 0.352. The molecule has 0 radical (unpaired) electrons. The van der Waals surface area contributed by atoms with E-state index in [9.17, 15) is 13.2 Å². The summed E-state index contributed by atoms with van der Waals surface area (Å²) >= 11 is 0. The largest absolute Gasteiger partial charge is 0.491 e. The zero-order valence-electron chi connectivity index (χ0n) is 8.79. The maximum absolute atomic E-state index is 12.3. The van der Waals surface area contributed by atoms with Gasteiger partial charge in [0.25, 0.3) is 0 Å². The molecular formula is C10H13F3N2O. The molecule has 0 aliphatic heterocycles. The van der Waals surface area contributed by atoms with Crippen molar-refractivity contribution in [1.29, 1.82) is 0 Å². The monoisotopic (exact) mass is 234 g/mol.